The Balaban J connectivity index is 1.71. The van der Waals surface area contributed by atoms with E-state index in [1.54, 1.807) is 24.3 Å². The van der Waals surface area contributed by atoms with Crippen molar-refractivity contribution in [2.24, 2.45) is 0 Å². The molecule has 0 bridgehead atoms. The van der Waals surface area contributed by atoms with Crippen LogP contribution in [0.15, 0.2) is 53.4 Å². The summed E-state index contributed by atoms with van der Waals surface area (Å²) in [7, 11) is 0. The fraction of sp³-hybridized carbons (Fsp3) is 0.261. The molecule has 2 aromatic carbocycles. The molecule has 6 nitrogen and oxygen atoms in total. The van der Waals surface area contributed by atoms with Crippen molar-refractivity contribution < 1.29 is 24.2 Å². The lowest BCUT2D eigenvalue weighted by molar-refractivity contribution is -0.122. The molecule has 156 valence electrons. The number of amides is 2. The van der Waals surface area contributed by atoms with E-state index in [0.717, 1.165) is 36.6 Å². The Kier molecular flexibility index (Phi) is 7.30. The summed E-state index contributed by atoms with van der Waals surface area (Å²) < 4.78 is 5.89. The second kappa shape index (κ2) is 10.1. The van der Waals surface area contributed by atoms with Gasteiger partial charge in [0.1, 0.15) is 12.4 Å². The van der Waals surface area contributed by atoms with Gasteiger partial charge in [0, 0.05) is 12.1 Å². The third-order valence-electron chi connectivity index (χ3n) is 4.66. The van der Waals surface area contributed by atoms with E-state index in [0.29, 0.717) is 22.8 Å². The van der Waals surface area contributed by atoms with Crippen LogP contribution in [0.25, 0.3) is 6.08 Å². The summed E-state index contributed by atoms with van der Waals surface area (Å²) >= 11 is 0.950. The van der Waals surface area contributed by atoms with Crippen molar-refractivity contribution in [2.45, 2.75) is 32.8 Å². The Morgan fingerprint density at radius 1 is 1.10 bits per heavy atom. The molecular formula is C23H23NO5S. The topological polar surface area (TPSA) is 83.9 Å². The van der Waals surface area contributed by atoms with Gasteiger partial charge in [0.2, 0.25) is 0 Å². The quantitative estimate of drug-likeness (QED) is 0.440. The number of ether oxygens (including phenoxy) is 1. The highest BCUT2D eigenvalue weighted by Crippen LogP contribution is 2.34. The van der Waals surface area contributed by atoms with Crippen LogP contribution in [0.1, 0.15) is 47.7 Å². The van der Waals surface area contributed by atoms with Crippen LogP contribution in [0.5, 0.6) is 5.75 Å². The van der Waals surface area contributed by atoms with Crippen molar-refractivity contribution in [2.75, 3.05) is 6.54 Å². The minimum absolute atomic E-state index is 0.216. The fourth-order valence-corrected chi connectivity index (χ4v) is 3.85. The van der Waals surface area contributed by atoms with Gasteiger partial charge in [-0.15, -0.1) is 0 Å². The highest BCUT2D eigenvalue weighted by atomic mass is 32.2. The van der Waals surface area contributed by atoms with Crippen LogP contribution < -0.4 is 4.74 Å². The molecule has 1 N–H and O–H groups in total. The minimum atomic E-state index is -0.976. The van der Waals surface area contributed by atoms with Crippen LogP contribution >= 0.6 is 11.8 Å². The number of hydrogen-bond donors (Lipinski definition) is 1. The summed E-state index contributed by atoms with van der Waals surface area (Å²) in [6.45, 7) is 2.77. The van der Waals surface area contributed by atoms with Gasteiger partial charge in [-0.1, -0.05) is 50.1 Å². The van der Waals surface area contributed by atoms with Crippen molar-refractivity contribution in [3.8, 4) is 5.75 Å². The molecule has 2 amide bonds. The first-order chi connectivity index (χ1) is 14.5. The number of benzene rings is 2. The molecule has 3 rings (SSSR count). The Bertz CT molecular complexity index is 968. The largest absolute Gasteiger partial charge is 0.488 e. The third-order valence-corrected chi connectivity index (χ3v) is 5.57. The zero-order valence-electron chi connectivity index (χ0n) is 16.7. The van der Waals surface area contributed by atoms with E-state index in [9.17, 15) is 14.4 Å². The van der Waals surface area contributed by atoms with Crippen LogP contribution in [0.4, 0.5) is 4.79 Å². The molecule has 0 radical (unpaired) electrons. The molecule has 0 unspecified atom stereocenters. The molecule has 0 atom stereocenters. The number of nitrogens with zero attached hydrogens (tertiary/aromatic N) is 1. The Hall–Kier alpha value is -3.06. The standard InChI is InChI=1S/C23H23NO5S/c1-2-3-6-13-24-21(25)20(30-23(24)28)14-18-7-4-5-8-19(18)29-15-16-9-11-17(12-10-16)22(26)27/h4-5,7-12,14H,2-3,6,13,15H2,1H3,(H,26,27)/b20-14-. The minimum Gasteiger partial charge on any atom is -0.488 e. The number of thioether (sulfide) groups is 1. The van der Waals surface area contributed by atoms with Crippen LogP contribution in [-0.4, -0.2) is 33.7 Å². The van der Waals surface area contributed by atoms with Gasteiger partial charge < -0.3 is 9.84 Å². The van der Waals surface area contributed by atoms with Crippen LogP contribution in [0, 0.1) is 0 Å². The summed E-state index contributed by atoms with van der Waals surface area (Å²) in [5, 5.41) is 8.74. The maximum atomic E-state index is 12.6. The number of carboxylic acids is 1. The van der Waals surface area contributed by atoms with E-state index in [2.05, 4.69) is 6.92 Å². The van der Waals surface area contributed by atoms with Crippen LogP contribution in [-0.2, 0) is 11.4 Å². The van der Waals surface area contributed by atoms with Crippen molar-refractivity contribution >= 4 is 35.0 Å². The normalized spacial score (nSPS) is 15.1. The number of hydrogen-bond acceptors (Lipinski definition) is 5. The van der Waals surface area contributed by atoms with Gasteiger partial charge in [-0.25, -0.2) is 4.79 Å². The molecule has 1 heterocycles. The first-order valence-electron chi connectivity index (χ1n) is 9.79. The van der Waals surface area contributed by atoms with Crippen molar-refractivity contribution in [1.82, 2.24) is 4.90 Å². The second-order valence-corrected chi connectivity index (χ2v) is 7.86. The number of para-hydroxylation sites is 1. The summed E-state index contributed by atoms with van der Waals surface area (Å²) in [6, 6.07) is 13.8. The van der Waals surface area contributed by atoms with E-state index in [1.807, 2.05) is 18.2 Å². The number of carbonyl (C=O) groups is 3. The van der Waals surface area contributed by atoms with Crippen molar-refractivity contribution in [3.63, 3.8) is 0 Å². The first-order valence-corrected chi connectivity index (χ1v) is 10.6. The highest BCUT2D eigenvalue weighted by molar-refractivity contribution is 8.18. The third kappa shape index (κ3) is 5.30. The molecule has 1 aliphatic rings. The number of carbonyl (C=O) groups excluding carboxylic acids is 2. The van der Waals surface area contributed by atoms with E-state index < -0.39 is 5.97 Å². The summed E-state index contributed by atoms with van der Waals surface area (Å²) in [6.07, 6.45) is 4.50. The average molecular weight is 426 g/mol. The molecule has 0 aromatic heterocycles. The number of imide groups is 1. The van der Waals surface area contributed by atoms with Gasteiger partial charge in [0.15, 0.2) is 0 Å². The lowest BCUT2D eigenvalue weighted by Gasteiger charge is -2.12. The maximum absolute atomic E-state index is 12.6. The molecule has 0 saturated carbocycles. The van der Waals surface area contributed by atoms with E-state index in [-0.39, 0.29) is 23.3 Å². The predicted molar refractivity (Wildman–Crippen MR) is 116 cm³/mol. The number of aromatic carboxylic acids is 1. The molecule has 0 spiro atoms. The van der Waals surface area contributed by atoms with Gasteiger partial charge >= 0.3 is 5.97 Å². The van der Waals surface area contributed by atoms with Crippen molar-refractivity contribution in [1.29, 1.82) is 0 Å². The van der Waals surface area contributed by atoms with Gasteiger partial charge in [0.05, 0.1) is 10.5 Å². The van der Waals surface area contributed by atoms with Crippen molar-refractivity contribution in [3.05, 3.63) is 70.1 Å². The molecular weight excluding hydrogens is 402 g/mol. The number of carboxylic acid groups (broad SMARTS) is 1. The number of rotatable bonds is 9. The average Bonchev–Trinajstić information content (AvgIpc) is 3.01. The monoisotopic (exact) mass is 425 g/mol. The molecule has 2 aromatic rings. The van der Waals surface area contributed by atoms with Crippen LogP contribution in [0.2, 0.25) is 0 Å². The fourth-order valence-electron chi connectivity index (χ4n) is 2.99. The van der Waals surface area contributed by atoms with Gasteiger partial charge in [0.25, 0.3) is 11.1 Å². The Morgan fingerprint density at radius 2 is 1.83 bits per heavy atom. The van der Waals surface area contributed by atoms with Crippen LogP contribution in [0.3, 0.4) is 0 Å². The van der Waals surface area contributed by atoms with E-state index >= 15 is 0 Å². The predicted octanol–water partition coefficient (Wildman–Crippen LogP) is 5.19. The Labute approximate surface area is 179 Å². The molecule has 30 heavy (non-hydrogen) atoms. The Morgan fingerprint density at radius 3 is 2.53 bits per heavy atom. The number of unbranched alkanes of at least 4 members (excludes halogenated alkanes) is 2. The van der Waals surface area contributed by atoms with Gasteiger partial charge in [-0.05, 0) is 48.0 Å². The zero-order chi connectivity index (χ0) is 21.5. The molecule has 7 heteroatoms. The SMILES string of the molecule is CCCCCN1C(=O)S/C(=C\c2ccccc2OCc2ccc(C(=O)O)cc2)C1=O. The molecule has 0 aliphatic carbocycles. The maximum Gasteiger partial charge on any atom is 0.335 e. The zero-order valence-corrected chi connectivity index (χ0v) is 17.5. The lowest BCUT2D eigenvalue weighted by atomic mass is 10.1. The van der Waals surface area contributed by atoms with E-state index in [4.69, 9.17) is 9.84 Å². The molecule has 1 fully saturated rings. The van der Waals surface area contributed by atoms with E-state index in [1.165, 1.54) is 17.0 Å². The highest BCUT2D eigenvalue weighted by Gasteiger charge is 2.34. The first kappa shape index (κ1) is 21.6. The summed E-state index contributed by atoms with van der Waals surface area (Å²) in [5.74, 6) is -0.658. The molecule has 1 aliphatic heterocycles. The van der Waals surface area contributed by atoms with Gasteiger partial charge in [-0.3, -0.25) is 14.5 Å². The lowest BCUT2D eigenvalue weighted by Crippen LogP contribution is -2.29. The second-order valence-electron chi connectivity index (χ2n) is 6.87. The smallest absolute Gasteiger partial charge is 0.335 e. The molecule has 1 saturated heterocycles. The van der Waals surface area contributed by atoms with Gasteiger partial charge in [-0.2, -0.15) is 0 Å². The summed E-state index contributed by atoms with van der Waals surface area (Å²) in [4.78, 5) is 37.5. The summed E-state index contributed by atoms with van der Waals surface area (Å²) in [5.41, 5.74) is 1.75.